The minimum Gasteiger partial charge on any atom is -0.457 e. The lowest BCUT2D eigenvalue weighted by atomic mass is 10.0. The second kappa shape index (κ2) is 9.13. The molecule has 0 aliphatic heterocycles. The summed E-state index contributed by atoms with van der Waals surface area (Å²) in [7, 11) is 0. The molecule has 19 heavy (non-hydrogen) atoms. The van der Waals surface area contributed by atoms with Crippen molar-refractivity contribution in [3.8, 4) is 0 Å². The van der Waals surface area contributed by atoms with Crippen LogP contribution in [0.2, 0.25) is 0 Å². The van der Waals surface area contributed by atoms with Crippen molar-refractivity contribution in [3.63, 3.8) is 0 Å². The molecule has 0 aromatic heterocycles. The van der Waals surface area contributed by atoms with Crippen molar-refractivity contribution in [2.24, 2.45) is 0 Å². The van der Waals surface area contributed by atoms with Crippen LogP contribution < -0.4 is 0 Å². The number of esters is 1. The first-order valence-corrected chi connectivity index (χ1v) is 8.17. The second-order valence-corrected chi connectivity index (χ2v) is 5.27. The monoisotopic (exact) mass is 326 g/mol. The number of unbranched alkanes of at least 4 members (excludes halogenated alkanes) is 2. The van der Waals surface area contributed by atoms with Gasteiger partial charge in [-0.2, -0.15) is 0 Å². The molecule has 3 heteroatoms. The molecule has 0 radical (unpaired) electrons. The van der Waals surface area contributed by atoms with Gasteiger partial charge in [-0.25, -0.2) is 0 Å². The number of rotatable bonds is 8. The zero-order valence-electron chi connectivity index (χ0n) is 11.8. The van der Waals surface area contributed by atoms with Crippen LogP contribution in [0.15, 0.2) is 24.3 Å². The lowest BCUT2D eigenvalue weighted by Crippen LogP contribution is -2.11. The Balaban J connectivity index is 2.77. The largest absolute Gasteiger partial charge is 0.457 e. The molecule has 0 fully saturated rings. The topological polar surface area (TPSA) is 26.3 Å². The number of carbonyl (C=O) groups is 1. The fourth-order valence-corrected chi connectivity index (χ4v) is 2.34. The SMILES string of the molecule is CCCCCC(OC(=O)CC)c1cccc(CBr)c1. The van der Waals surface area contributed by atoms with Gasteiger partial charge in [-0.05, 0) is 24.0 Å². The molecule has 106 valence electrons. The van der Waals surface area contributed by atoms with Gasteiger partial charge in [-0.1, -0.05) is 66.9 Å². The van der Waals surface area contributed by atoms with Crippen LogP contribution >= 0.6 is 15.9 Å². The van der Waals surface area contributed by atoms with Crippen molar-refractivity contribution in [3.05, 3.63) is 35.4 Å². The van der Waals surface area contributed by atoms with E-state index in [-0.39, 0.29) is 12.1 Å². The zero-order valence-corrected chi connectivity index (χ0v) is 13.4. The van der Waals surface area contributed by atoms with Crippen LogP contribution in [0, 0.1) is 0 Å². The average Bonchev–Trinajstić information content (AvgIpc) is 2.46. The number of alkyl halides is 1. The van der Waals surface area contributed by atoms with E-state index >= 15 is 0 Å². The van der Waals surface area contributed by atoms with Crippen molar-refractivity contribution in [1.29, 1.82) is 0 Å². The molecular weight excluding hydrogens is 304 g/mol. The minimum absolute atomic E-state index is 0.0991. The predicted octanol–water partition coefficient (Wildman–Crippen LogP) is 5.16. The molecule has 1 aromatic rings. The van der Waals surface area contributed by atoms with Crippen LogP contribution in [0.25, 0.3) is 0 Å². The van der Waals surface area contributed by atoms with Gasteiger partial charge in [0.1, 0.15) is 6.10 Å². The minimum atomic E-state index is -0.120. The van der Waals surface area contributed by atoms with Crippen LogP contribution in [-0.4, -0.2) is 5.97 Å². The average molecular weight is 327 g/mol. The van der Waals surface area contributed by atoms with Crippen LogP contribution in [0.3, 0.4) is 0 Å². The number of carbonyl (C=O) groups excluding carboxylic acids is 1. The van der Waals surface area contributed by atoms with Crippen molar-refractivity contribution >= 4 is 21.9 Å². The Morgan fingerprint density at radius 2 is 2.11 bits per heavy atom. The molecule has 0 saturated carbocycles. The van der Waals surface area contributed by atoms with Crippen molar-refractivity contribution in [1.82, 2.24) is 0 Å². The maximum Gasteiger partial charge on any atom is 0.306 e. The van der Waals surface area contributed by atoms with E-state index in [1.165, 1.54) is 18.4 Å². The first-order chi connectivity index (χ1) is 9.21. The van der Waals surface area contributed by atoms with E-state index in [1.54, 1.807) is 0 Å². The fourth-order valence-electron chi connectivity index (χ4n) is 1.99. The van der Waals surface area contributed by atoms with Gasteiger partial charge in [-0.3, -0.25) is 4.79 Å². The van der Waals surface area contributed by atoms with Gasteiger partial charge in [0.25, 0.3) is 0 Å². The number of hydrogen-bond acceptors (Lipinski definition) is 2. The van der Waals surface area contributed by atoms with E-state index < -0.39 is 0 Å². The van der Waals surface area contributed by atoms with Crippen molar-refractivity contribution in [2.75, 3.05) is 0 Å². The Bertz CT molecular complexity index is 390. The molecule has 0 heterocycles. The van der Waals surface area contributed by atoms with Crippen LogP contribution in [-0.2, 0) is 14.9 Å². The molecule has 1 atom stereocenters. The fraction of sp³-hybridized carbons (Fsp3) is 0.562. The van der Waals surface area contributed by atoms with Gasteiger partial charge in [0.05, 0.1) is 0 Å². The highest BCUT2D eigenvalue weighted by Gasteiger charge is 2.15. The summed E-state index contributed by atoms with van der Waals surface area (Å²) in [5.74, 6) is -0.120. The molecular formula is C16H23BrO2. The summed E-state index contributed by atoms with van der Waals surface area (Å²) < 4.78 is 5.58. The van der Waals surface area contributed by atoms with Crippen molar-refractivity contribution < 1.29 is 9.53 Å². The summed E-state index contributed by atoms with van der Waals surface area (Å²) >= 11 is 3.46. The highest BCUT2D eigenvalue weighted by molar-refractivity contribution is 9.08. The van der Waals surface area contributed by atoms with Gasteiger partial charge < -0.3 is 4.74 Å². The summed E-state index contributed by atoms with van der Waals surface area (Å²) in [6.07, 6.45) is 4.69. The molecule has 0 spiro atoms. The predicted molar refractivity (Wildman–Crippen MR) is 82.3 cm³/mol. The summed E-state index contributed by atoms with van der Waals surface area (Å²) in [6.45, 7) is 4.01. The maximum absolute atomic E-state index is 11.6. The molecule has 1 rings (SSSR count). The molecule has 0 saturated heterocycles. The smallest absolute Gasteiger partial charge is 0.306 e. The number of hydrogen-bond donors (Lipinski definition) is 0. The van der Waals surface area contributed by atoms with E-state index in [9.17, 15) is 4.79 Å². The lowest BCUT2D eigenvalue weighted by Gasteiger charge is -2.18. The standard InChI is InChI=1S/C16H23BrO2/c1-3-5-6-10-15(19-16(18)4-2)14-9-7-8-13(11-14)12-17/h7-9,11,15H,3-6,10,12H2,1-2H3. The molecule has 0 aliphatic rings. The summed E-state index contributed by atoms with van der Waals surface area (Å²) in [5, 5.41) is 0.824. The Labute approximate surface area is 124 Å². The zero-order chi connectivity index (χ0) is 14.1. The molecule has 1 aromatic carbocycles. The number of benzene rings is 1. The van der Waals surface area contributed by atoms with E-state index in [1.807, 2.05) is 19.1 Å². The highest BCUT2D eigenvalue weighted by atomic mass is 79.9. The first-order valence-electron chi connectivity index (χ1n) is 7.05. The van der Waals surface area contributed by atoms with Gasteiger partial charge in [-0.15, -0.1) is 0 Å². The number of ether oxygens (including phenoxy) is 1. The Morgan fingerprint density at radius 3 is 2.74 bits per heavy atom. The van der Waals surface area contributed by atoms with E-state index in [0.717, 1.165) is 23.7 Å². The van der Waals surface area contributed by atoms with Gasteiger partial charge in [0.2, 0.25) is 0 Å². The third-order valence-electron chi connectivity index (χ3n) is 3.11. The van der Waals surface area contributed by atoms with E-state index in [4.69, 9.17) is 4.74 Å². The molecule has 0 amide bonds. The summed E-state index contributed by atoms with van der Waals surface area (Å²) in [4.78, 5) is 11.6. The summed E-state index contributed by atoms with van der Waals surface area (Å²) in [5.41, 5.74) is 2.32. The normalized spacial score (nSPS) is 12.2. The second-order valence-electron chi connectivity index (χ2n) is 4.71. The van der Waals surface area contributed by atoms with Gasteiger partial charge >= 0.3 is 5.97 Å². The maximum atomic E-state index is 11.6. The third-order valence-corrected chi connectivity index (χ3v) is 3.76. The molecule has 0 aliphatic carbocycles. The molecule has 2 nitrogen and oxygen atoms in total. The van der Waals surface area contributed by atoms with E-state index in [0.29, 0.717) is 6.42 Å². The first kappa shape index (κ1) is 16.2. The van der Waals surface area contributed by atoms with Crippen LogP contribution in [0.1, 0.15) is 63.2 Å². The molecule has 0 bridgehead atoms. The molecule has 0 N–H and O–H groups in total. The Hall–Kier alpha value is -0.830. The van der Waals surface area contributed by atoms with E-state index in [2.05, 4.69) is 35.0 Å². The van der Waals surface area contributed by atoms with Crippen LogP contribution in [0.4, 0.5) is 0 Å². The quantitative estimate of drug-likeness (QED) is 0.375. The number of halogens is 1. The molecule has 1 unspecified atom stereocenters. The lowest BCUT2D eigenvalue weighted by molar-refractivity contribution is -0.149. The third kappa shape index (κ3) is 5.77. The summed E-state index contributed by atoms with van der Waals surface area (Å²) in [6, 6.07) is 8.27. The van der Waals surface area contributed by atoms with Gasteiger partial charge in [0, 0.05) is 11.8 Å². The van der Waals surface area contributed by atoms with Crippen LogP contribution in [0.5, 0.6) is 0 Å². The Morgan fingerprint density at radius 1 is 1.32 bits per heavy atom. The highest BCUT2D eigenvalue weighted by Crippen LogP contribution is 2.26. The van der Waals surface area contributed by atoms with Crippen molar-refractivity contribution in [2.45, 2.75) is 57.4 Å². The Kier molecular flexibility index (Phi) is 7.80. The van der Waals surface area contributed by atoms with Gasteiger partial charge in [0.15, 0.2) is 0 Å².